The highest BCUT2D eigenvalue weighted by Crippen LogP contribution is 2.45. The number of amides is 11. The maximum absolute atomic E-state index is 15.1. The number of fused-ring (bicyclic) bond motifs is 1. The number of halogens is 2. The number of primary amides is 1. The van der Waals surface area contributed by atoms with Crippen molar-refractivity contribution in [2.45, 2.75) is 245 Å². The number of nitrogens with one attached hydrogen (secondary N) is 9. The van der Waals surface area contributed by atoms with Gasteiger partial charge in [0.2, 0.25) is 53.5 Å². The Balaban J connectivity index is 0.816. The van der Waals surface area contributed by atoms with Crippen LogP contribution < -0.4 is 63.6 Å². The van der Waals surface area contributed by atoms with Crippen LogP contribution in [0.4, 0.5) is 31.2 Å². The topological polar surface area (TPSA) is 538 Å². The summed E-state index contributed by atoms with van der Waals surface area (Å²) in [6.07, 6.45) is -8.64. The Hall–Kier alpha value is -11.4. The fourth-order valence-corrected chi connectivity index (χ4v) is 17.4. The molecule has 0 saturated carbocycles. The van der Waals surface area contributed by atoms with Gasteiger partial charge in [0, 0.05) is 108 Å². The number of methoxy groups -OCH3 is 1. The first kappa shape index (κ1) is 107. The van der Waals surface area contributed by atoms with Gasteiger partial charge in [-0.1, -0.05) is 123 Å². The molecule has 3 aliphatic heterocycles. The highest BCUT2D eigenvalue weighted by atomic mass is 35.5. The van der Waals surface area contributed by atoms with Crippen molar-refractivity contribution in [3.8, 4) is 28.3 Å². The van der Waals surface area contributed by atoms with Crippen LogP contribution in [0.1, 0.15) is 163 Å². The monoisotopic (exact) mass is 1900 g/mol. The zero-order valence-electron chi connectivity index (χ0n) is 79.2. The van der Waals surface area contributed by atoms with E-state index in [-0.39, 0.29) is 112 Å². The lowest BCUT2D eigenvalue weighted by Gasteiger charge is -2.40. The summed E-state index contributed by atoms with van der Waals surface area (Å²) in [4.78, 5) is 172. The number of likely N-dealkylation sites (N-methyl/N-ethyl adjacent to an activating group) is 2. The Morgan fingerprint density at radius 3 is 2.10 bits per heavy atom. The minimum absolute atomic E-state index is 0.00141. The molecule has 18 N–H and O–H groups in total. The number of hydrogen-bond donors (Lipinski definition) is 16. The number of carboxylic acid groups (broad SMARTS) is 1. The van der Waals surface area contributed by atoms with E-state index < -0.39 is 169 Å². The summed E-state index contributed by atoms with van der Waals surface area (Å²) in [6.45, 7) is 20.4. The lowest BCUT2D eigenvalue weighted by molar-refractivity contribution is -0.271. The third-order valence-electron chi connectivity index (χ3n) is 24.9. The molecule has 5 heterocycles. The summed E-state index contributed by atoms with van der Waals surface area (Å²) >= 11 is 6.41. The molecule has 0 spiro atoms. The van der Waals surface area contributed by atoms with E-state index in [0.29, 0.717) is 108 Å². The molecule has 0 aliphatic carbocycles. The second-order valence-corrected chi connectivity index (χ2v) is 36.7. The number of ether oxygens (including phenoxy) is 5. The van der Waals surface area contributed by atoms with Crippen molar-refractivity contribution >= 4 is 105 Å². The fraction of sp³-hybridized carbons (Fsp3) is 0.568. The van der Waals surface area contributed by atoms with Crippen molar-refractivity contribution in [1.29, 1.82) is 0 Å². The Bertz CT molecular complexity index is 5030. The van der Waals surface area contributed by atoms with E-state index in [1.54, 1.807) is 104 Å². The number of anilines is 3. The number of aromatic nitrogens is 3. The molecule has 11 amide bonds. The minimum atomic E-state index is -2.16. The number of carbonyl (C=O) groups is 11. The van der Waals surface area contributed by atoms with E-state index in [4.69, 9.17) is 56.7 Å². The maximum Gasteiger partial charge on any atom is 0.410 e. The molecule has 135 heavy (non-hydrogen) atoms. The van der Waals surface area contributed by atoms with Crippen LogP contribution in [0.2, 0.25) is 5.02 Å². The lowest BCUT2D eigenvalue weighted by Crippen LogP contribution is -2.61. The number of aromatic amines is 1. The second kappa shape index (κ2) is 50.4. The number of hydrogen-bond acceptors (Lipinski definition) is 25. The van der Waals surface area contributed by atoms with Gasteiger partial charge in [0.15, 0.2) is 6.10 Å². The molecular weight excluding hydrogens is 1770 g/mol. The van der Waals surface area contributed by atoms with Gasteiger partial charge in [0.05, 0.1) is 71.9 Å². The number of aliphatic hydroxyl groups excluding tert-OH is 4. The number of piperidine rings is 1. The van der Waals surface area contributed by atoms with Crippen LogP contribution in [0.5, 0.6) is 5.75 Å². The maximum atomic E-state index is 15.1. The smallest absolute Gasteiger partial charge is 0.410 e. The van der Waals surface area contributed by atoms with Gasteiger partial charge < -0.3 is 123 Å². The number of H-pyrrole nitrogens is 1. The predicted octanol–water partition coefficient (Wildman–Crippen LogP) is 6.90. The number of nitrogens with zero attached hydrogens (tertiary/aromatic N) is 6. The number of likely N-dealkylation sites (tertiary alicyclic amines) is 1. The summed E-state index contributed by atoms with van der Waals surface area (Å²) in [6, 6.07) is 15.4. The lowest BCUT2D eigenvalue weighted by atomic mass is 9.89. The molecule has 740 valence electrons. The molecule has 9 rings (SSSR count). The van der Waals surface area contributed by atoms with E-state index in [2.05, 4.69) is 52.4 Å². The molecule has 16 atom stereocenters. The van der Waals surface area contributed by atoms with Gasteiger partial charge >= 0.3 is 18.1 Å². The Kier molecular flexibility index (Phi) is 40.0. The zero-order valence-corrected chi connectivity index (χ0v) is 80.0. The number of carbonyl (C=O) groups excluding carboxylic acids is 10. The summed E-state index contributed by atoms with van der Waals surface area (Å²) < 4.78 is 44.2. The van der Waals surface area contributed by atoms with E-state index >= 15 is 9.18 Å². The zero-order chi connectivity index (χ0) is 98.9. The molecule has 3 aliphatic rings. The predicted molar refractivity (Wildman–Crippen MR) is 503 cm³/mol. The Labute approximate surface area is 791 Å². The first-order chi connectivity index (χ1) is 64.1. The van der Waals surface area contributed by atoms with E-state index in [1.165, 1.54) is 49.4 Å². The average Bonchev–Trinajstić information content (AvgIpc) is 1.73. The highest BCUT2D eigenvalue weighted by molar-refractivity contribution is 6.31. The van der Waals surface area contributed by atoms with Crippen LogP contribution in [-0.2, 0) is 68.7 Å². The summed E-state index contributed by atoms with van der Waals surface area (Å²) in [5, 5.41) is 76.6. The number of imidazole rings is 1. The molecule has 0 radical (unpaired) electrons. The number of benzene rings is 4. The Morgan fingerprint density at radius 2 is 1.44 bits per heavy atom. The second-order valence-electron chi connectivity index (χ2n) is 36.2. The van der Waals surface area contributed by atoms with Crippen molar-refractivity contribution in [3.05, 3.63) is 119 Å². The van der Waals surface area contributed by atoms with Crippen LogP contribution in [0.3, 0.4) is 0 Å². The summed E-state index contributed by atoms with van der Waals surface area (Å²) in [5.74, 6) is -8.57. The molecule has 38 nitrogen and oxygen atoms in total. The number of aliphatic hydroxyl groups is 4. The molecule has 6 aromatic rings. The SMILES string of the molecule is CC[C@H](C)[C@@H]([C@@H](CC(=O)N1CCC[C@H]1C[C@@H](C)C(=O)N[C@H](C)[C@@H](O)c1ccccc1)OC)N(C)C(=O)[C@@H](NC(=O)[C@H](C(C)C)N(C)C(=O)OCc1ccc(NC(=O)[C@H](CCCNC(N)=O)NC(=O)[C@@H](NC(=O)CCOCCC(=O)NCCNc2ncc(-c3cc(C)cc(F)c3)c(N3CCC(N)CC3)c2-c2nc3ccc(Cl)cc3[nH]2)C(C)C)c(O[C@@H]2O[C@H](C(=O)O)[C@@H](O)[C@H](O)[C@H]2O)c1)C(C)C. The largest absolute Gasteiger partial charge is 0.479 e. The molecule has 3 fully saturated rings. The van der Waals surface area contributed by atoms with Crippen molar-refractivity contribution in [2.75, 3.05) is 89.2 Å². The average molecular weight is 1910 g/mol. The molecule has 0 unspecified atom stereocenters. The van der Waals surface area contributed by atoms with Gasteiger partial charge in [0.1, 0.15) is 72.3 Å². The van der Waals surface area contributed by atoms with Gasteiger partial charge in [-0.3, -0.25) is 43.3 Å². The number of pyridine rings is 1. The normalized spacial score (nSPS) is 19.1. The molecular formula is C95H135ClFN17O21. The highest BCUT2D eigenvalue weighted by Gasteiger charge is 2.49. The minimum Gasteiger partial charge on any atom is -0.479 e. The number of aliphatic carboxylic acids is 1. The number of carboxylic acids is 1. The summed E-state index contributed by atoms with van der Waals surface area (Å²) in [7, 11) is 4.38. The van der Waals surface area contributed by atoms with Crippen LogP contribution in [0, 0.1) is 42.3 Å². The van der Waals surface area contributed by atoms with Crippen LogP contribution >= 0.6 is 11.6 Å². The third-order valence-corrected chi connectivity index (χ3v) is 25.1. The van der Waals surface area contributed by atoms with Crippen LogP contribution in [0.25, 0.3) is 33.5 Å². The molecule has 40 heteroatoms. The van der Waals surface area contributed by atoms with Crippen molar-refractivity contribution in [2.24, 2.45) is 41.1 Å². The molecule has 0 bridgehead atoms. The Morgan fingerprint density at radius 1 is 0.748 bits per heavy atom. The fourth-order valence-electron chi connectivity index (χ4n) is 17.2. The van der Waals surface area contributed by atoms with Crippen LogP contribution in [-0.4, -0.2) is 279 Å². The van der Waals surface area contributed by atoms with Crippen LogP contribution in [0.15, 0.2) is 91.1 Å². The summed E-state index contributed by atoms with van der Waals surface area (Å²) in [5.41, 5.74) is 17.0. The van der Waals surface area contributed by atoms with Gasteiger partial charge in [-0.2, -0.15) is 0 Å². The first-order valence-electron chi connectivity index (χ1n) is 46.1. The number of urea groups is 1. The standard InChI is InChI=1S/C95H135ClFN17O21/c1-15-54(9)78(70(131-14)47-73(117)114-36-20-23-63(114)43-55(10)87(122)104-56(11)80(118)58-21-17-16-18-22-58)111(12)91(126)76(51(4)5)110-90(125)77(52(6)7)112(13)95(130)133-49-57-25-27-66(69(44-57)134-93-83(121)81(119)82(120)84(135-93)92(127)128)107-88(123)67(24-19-33-102-94(99)129)108-89(124)75(50(2)3)109-72(116)32-40-132-39-31-71(115)100-34-35-101-85-74(86-105-65-28-26-60(96)46-68(65)106-86)79(113-37-29-62(98)30-38-113)64(48-103-85)59-41-53(8)42-61(97)45-59/h16-18,21-22,25-28,41-42,44-46,48,50-52,54-56,62-63,67,70,75-78,80-84,93,118-121H,15,19-20,23-24,29-40,43,47,49,98H2,1-14H3,(H,100,115)(H,101,103)(H,104,122)(H,105,106)(H,107,123)(H,108,124)(H,109,116)(H,110,125)(H,127,128)(H3,99,102,129)/t54-,55+,56+,63-,67-,70+,75-,76-,77-,78-,80+,81-,82-,83+,84-,93+/m0/s1. The number of aryl methyl sites for hydroxylation is 1. The molecule has 2 aromatic heterocycles. The van der Waals surface area contributed by atoms with E-state index in [1.807, 2.05) is 45.0 Å². The number of nitrogens with two attached hydrogens (primary N) is 2. The van der Waals surface area contributed by atoms with Crippen molar-refractivity contribution in [3.63, 3.8) is 0 Å². The van der Waals surface area contributed by atoms with Gasteiger partial charge in [-0.15, -0.1) is 0 Å². The van der Waals surface area contributed by atoms with Crippen molar-refractivity contribution < 1.29 is 106 Å². The number of rotatable bonds is 47. The quantitative estimate of drug-likeness (QED) is 0.0173. The first-order valence-corrected chi connectivity index (χ1v) is 46.5. The van der Waals surface area contributed by atoms with Gasteiger partial charge in [-0.05, 0) is 147 Å². The molecule has 3 saturated heterocycles. The van der Waals surface area contributed by atoms with E-state index in [9.17, 15) is 73.5 Å². The van der Waals surface area contributed by atoms with Crippen molar-refractivity contribution in [1.82, 2.24) is 61.6 Å². The van der Waals surface area contributed by atoms with Gasteiger partial charge in [-0.25, -0.2) is 28.7 Å². The van der Waals surface area contributed by atoms with Gasteiger partial charge in [0.25, 0.3) is 0 Å². The molecule has 4 aromatic carbocycles. The van der Waals surface area contributed by atoms with E-state index in [0.717, 1.165) is 16.2 Å². The third kappa shape index (κ3) is 29.3.